The fourth-order valence-electron chi connectivity index (χ4n) is 2.65. The van der Waals surface area contributed by atoms with Gasteiger partial charge in [0.1, 0.15) is 0 Å². The zero-order valence-electron chi connectivity index (χ0n) is 13.0. The first-order chi connectivity index (χ1) is 8.41. The highest BCUT2D eigenvalue weighted by Crippen LogP contribution is 2.29. The van der Waals surface area contributed by atoms with Crippen LogP contribution < -0.4 is 5.32 Å². The van der Waals surface area contributed by atoms with Gasteiger partial charge in [-0.15, -0.1) is 0 Å². The molecule has 1 N–H and O–H groups in total. The zero-order valence-corrected chi connectivity index (χ0v) is 13.0. The summed E-state index contributed by atoms with van der Waals surface area (Å²) in [6, 6.07) is 4.62. The van der Waals surface area contributed by atoms with Crippen LogP contribution in [0.3, 0.4) is 0 Å². The lowest BCUT2D eigenvalue weighted by molar-refractivity contribution is 0.292. The molecule has 0 saturated heterocycles. The number of hydrogen-bond donors (Lipinski definition) is 1. The number of aryl methyl sites for hydroxylation is 3. The highest BCUT2D eigenvalue weighted by atomic mass is 14.9. The van der Waals surface area contributed by atoms with E-state index in [1.54, 1.807) is 5.56 Å². The normalized spacial score (nSPS) is 14.6. The molecule has 0 heterocycles. The van der Waals surface area contributed by atoms with Gasteiger partial charge in [-0.25, -0.2) is 0 Å². The van der Waals surface area contributed by atoms with Gasteiger partial charge in [0, 0.05) is 6.54 Å². The first-order valence-corrected chi connectivity index (χ1v) is 7.19. The van der Waals surface area contributed by atoms with Crippen LogP contribution in [0, 0.1) is 26.2 Å². The lowest BCUT2D eigenvalue weighted by Crippen LogP contribution is -2.33. The minimum atomic E-state index is 0.362. The Kier molecular flexibility index (Phi) is 5.40. The molecule has 1 aromatic rings. The van der Waals surface area contributed by atoms with Gasteiger partial charge in [0.2, 0.25) is 0 Å². The predicted octanol–water partition coefficient (Wildman–Crippen LogP) is 4.18. The van der Waals surface area contributed by atoms with Crippen molar-refractivity contribution < 1.29 is 0 Å². The van der Waals surface area contributed by atoms with Crippen LogP contribution in [-0.4, -0.2) is 13.1 Å². The Labute approximate surface area is 113 Å². The van der Waals surface area contributed by atoms with Gasteiger partial charge in [-0.2, -0.15) is 0 Å². The lowest BCUT2D eigenvalue weighted by atomic mass is 9.78. The van der Waals surface area contributed by atoms with Gasteiger partial charge in [0.15, 0.2) is 0 Å². The number of hydrogen-bond acceptors (Lipinski definition) is 1. The van der Waals surface area contributed by atoms with Crippen LogP contribution in [0.15, 0.2) is 12.1 Å². The molecular formula is C17H29N. The second-order valence-corrected chi connectivity index (χ2v) is 6.00. The average molecular weight is 247 g/mol. The highest BCUT2D eigenvalue weighted by molar-refractivity contribution is 5.38. The molecule has 0 bridgehead atoms. The number of nitrogens with one attached hydrogen (secondary N) is 1. The maximum absolute atomic E-state index is 3.51. The standard InChI is InChI=1S/C17H29N/c1-7-17(6,12-18-8-2)11-16-14(4)9-13(3)10-15(16)5/h9-10,18H,7-8,11-12H2,1-6H3. The van der Waals surface area contributed by atoms with Crippen molar-refractivity contribution in [2.75, 3.05) is 13.1 Å². The molecule has 18 heavy (non-hydrogen) atoms. The summed E-state index contributed by atoms with van der Waals surface area (Å²) in [6.45, 7) is 15.7. The lowest BCUT2D eigenvalue weighted by Gasteiger charge is -2.30. The van der Waals surface area contributed by atoms with Crippen LogP contribution in [0.25, 0.3) is 0 Å². The molecule has 0 aliphatic heterocycles. The minimum Gasteiger partial charge on any atom is -0.316 e. The maximum atomic E-state index is 3.51. The Bertz CT molecular complexity index is 372. The third kappa shape index (κ3) is 3.84. The summed E-state index contributed by atoms with van der Waals surface area (Å²) in [5, 5.41) is 3.51. The first kappa shape index (κ1) is 15.2. The van der Waals surface area contributed by atoms with E-state index in [0.29, 0.717) is 5.41 Å². The quantitative estimate of drug-likeness (QED) is 0.795. The van der Waals surface area contributed by atoms with Crippen LogP contribution in [0.2, 0.25) is 0 Å². The third-order valence-electron chi connectivity index (χ3n) is 4.10. The van der Waals surface area contributed by atoms with E-state index in [1.165, 1.54) is 29.5 Å². The van der Waals surface area contributed by atoms with E-state index >= 15 is 0 Å². The molecule has 0 aliphatic carbocycles. The molecule has 0 radical (unpaired) electrons. The molecule has 0 aliphatic rings. The molecule has 0 fully saturated rings. The molecule has 0 amide bonds. The molecule has 1 nitrogen and oxygen atoms in total. The highest BCUT2D eigenvalue weighted by Gasteiger charge is 2.23. The van der Waals surface area contributed by atoms with Crippen molar-refractivity contribution >= 4 is 0 Å². The van der Waals surface area contributed by atoms with Gasteiger partial charge in [0.25, 0.3) is 0 Å². The van der Waals surface area contributed by atoms with Crippen molar-refractivity contribution in [1.29, 1.82) is 0 Å². The van der Waals surface area contributed by atoms with E-state index in [9.17, 15) is 0 Å². The smallest absolute Gasteiger partial charge is 0.000813 e. The van der Waals surface area contributed by atoms with Crippen molar-refractivity contribution in [2.24, 2.45) is 5.41 Å². The molecule has 102 valence electrons. The van der Waals surface area contributed by atoms with Gasteiger partial charge in [-0.1, -0.05) is 38.5 Å². The number of benzene rings is 1. The van der Waals surface area contributed by atoms with E-state index in [4.69, 9.17) is 0 Å². The monoisotopic (exact) mass is 247 g/mol. The van der Waals surface area contributed by atoms with Gasteiger partial charge in [-0.05, 0) is 62.3 Å². The molecule has 0 aromatic heterocycles. The third-order valence-corrected chi connectivity index (χ3v) is 4.10. The SMILES string of the molecule is CCNCC(C)(CC)Cc1c(C)cc(C)cc1C. The molecular weight excluding hydrogens is 218 g/mol. The maximum Gasteiger partial charge on any atom is 0.000813 e. The van der Waals surface area contributed by atoms with Gasteiger partial charge < -0.3 is 5.32 Å². The molecule has 1 atom stereocenters. The Morgan fingerprint density at radius 3 is 2.06 bits per heavy atom. The van der Waals surface area contributed by atoms with Crippen LogP contribution in [0.5, 0.6) is 0 Å². The summed E-state index contributed by atoms with van der Waals surface area (Å²) in [4.78, 5) is 0. The molecule has 0 saturated carbocycles. The Balaban J connectivity index is 2.94. The fourth-order valence-corrected chi connectivity index (χ4v) is 2.65. The van der Waals surface area contributed by atoms with Gasteiger partial charge in [0.05, 0.1) is 0 Å². The predicted molar refractivity (Wildman–Crippen MR) is 81.3 cm³/mol. The van der Waals surface area contributed by atoms with Crippen molar-refractivity contribution in [1.82, 2.24) is 5.32 Å². The fraction of sp³-hybridized carbons (Fsp3) is 0.647. The Morgan fingerprint density at radius 1 is 1.06 bits per heavy atom. The second kappa shape index (κ2) is 6.38. The molecule has 0 spiro atoms. The van der Waals surface area contributed by atoms with Crippen molar-refractivity contribution in [3.05, 3.63) is 34.4 Å². The largest absolute Gasteiger partial charge is 0.316 e. The van der Waals surface area contributed by atoms with Crippen LogP contribution in [0.4, 0.5) is 0 Å². The molecule has 1 unspecified atom stereocenters. The van der Waals surface area contributed by atoms with E-state index in [0.717, 1.165) is 13.1 Å². The summed E-state index contributed by atoms with van der Waals surface area (Å²) < 4.78 is 0. The van der Waals surface area contributed by atoms with Crippen molar-refractivity contribution in [3.8, 4) is 0 Å². The van der Waals surface area contributed by atoms with Crippen LogP contribution >= 0.6 is 0 Å². The van der Waals surface area contributed by atoms with Crippen molar-refractivity contribution in [3.63, 3.8) is 0 Å². The summed E-state index contributed by atoms with van der Waals surface area (Å²) in [6.07, 6.45) is 2.39. The summed E-state index contributed by atoms with van der Waals surface area (Å²) in [5.41, 5.74) is 6.18. The van der Waals surface area contributed by atoms with E-state index in [1.807, 2.05) is 0 Å². The Hall–Kier alpha value is -0.820. The number of rotatable bonds is 6. The zero-order chi connectivity index (χ0) is 13.8. The molecule has 1 aromatic carbocycles. The topological polar surface area (TPSA) is 12.0 Å². The summed E-state index contributed by atoms with van der Waals surface area (Å²) in [7, 11) is 0. The van der Waals surface area contributed by atoms with E-state index in [2.05, 4.69) is 59.0 Å². The molecule has 1 rings (SSSR count). The molecule has 1 heteroatoms. The second-order valence-electron chi connectivity index (χ2n) is 6.00. The summed E-state index contributed by atoms with van der Waals surface area (Å²) >= 11 is 0. The first-order valence-electron chi connectivity index (χ1n) is 7.19. The van der Waals surface area contributed by atoms with Gasteiger partial charge >= 0.3 is 0 Å². The van der Waals surface area contributed by atoms with Gasteiger partial charge in [-0.3, -0.25) is 0 Å². The minimum absolute atomic E-state index is 0.362. The van der Waals surface area contributed by atoms with Crippen LogP contribution in [0.1, 0.15) is 49.4 Å². The van der Waals surface area contributed by atoms with Crippen molar-refractivity contribution in [2.45, 2.75) is 54.4 Å². The summed E-state index contributed by atoms with van der Waals surface area (Å²) in [5.74, 6) is 0. The van der Waals surface area contributed by atoms with E-state index < -0.39 is 0 Å². The average Bonchev–Trinajstić information content (AvgIpc) is 2.31. The Morgan fingerprint density at radius 2 is 1.61 bits per heavy atom. The van der Waals surface area contributed by atoms with E-state index in [-0.39, 0.29) is 0 Å². The van der Waals surface area contributed by atoms with Crippen LogP contribution in [-0.2, 0) is 6.42 Å².